The van der Waals surface area contributed by atoms with Crippen molar-refractivity contribution in [2.45, 2.75) is 26.2 Å². The van der Waals surface area contributed by atoms with E-state index in [2.05, 4.69) is 54.0 Å². The number of hydrogen-bond acceptors (Lipinski definition) is 0. The summed E-state index contributed by atoms with van der Waals surface area (Å²) in [6.07, 6.45) is 1.13. The lowest BCUT2D eigenvalue weighted by Crippen LogP contribution is -1.96. The lowest BCUT2D eigenvalue weighted by Gasteiger charge is -2.10. The zero-order chi connectivity index (χ0) is 8.97. The summed E-state index contributed by atoms with van der Waals surface area (Å²) in [6.45, 7) is 4.49. The first-order valence-electron chi connectivity index (χ1n) is 4.39. The van der Waals surface area contributed by atoms with Gasteiger partial charge in [0.2, 0.25) is 0 Å². The Morgan fingerprint density at radius 2 is 1.92 bits per heavy atom. The van der Waals surface area contributed by atoms with E-state index in [0.717, 1.165) is 11.8 Å². The van der Waals surface area contributed by atoms with Crippen molar-refractivity contribution in [2.75, 3.05) is 5.33 Å². The number of alkyl halides is 1. The zero-order valence-electron chi connectivity index (χ0n) is 7.68. The van der Waals surface area contributed by atoms with E-state index < -0.39 is 0 Å². The van der Waals surface area contributed by atoms with Gasteiger partial charge in [-0.3, -0.25) is 0 Å². The van der Waals surface area contributed by atoms with Crippen molar-refractivity contribution in [1.29, 1.82) is 0 Å². The molecule has 0 nitrogen and oxygen atoms in total. The standard InChI is InChI=1S/C11H15Br/c1-9(2)11-6-4-3-5-10(11)7-8-12/h3-6,9H,7-8H2,1-2H3. The minimum atomic E-state index is 0.639. The molecule has 1 heteroatoms. The molecule has 0 unspecified atom stereocenters. The molecule has 0 amide bonds. The van der Waals surface area contributed by atoms with Gasteiger partial charge in [-0.2, -0.15) is 0 Å². The maximum absolute atomic E-state index is 3.47. The van der Waals surface area contributed by atoms with Crippen LogP contribution in [-0.2, 0) is 6.42 Å². The van der Waals surface area contributed by atoms with Crippen molar-refractivity contribution in [3.05, 3.63) is 35.4 Å². The van der Waals surface area contributed by atoms with Crippen molar-refractivity contribution in [3.63, 3.8) is 0 Å². The van der Waals surface area contributed by atoms with Crippen LogP contribution in [-0.4, -0.2) is 5.33 Å². The fraction of sp³-hybridized carbons (Fsp3) is 0.455. The molecule has 0 spiro atoms. The van der Waals surface area contributed by atoms with Gasteiger partial charge >= 0.3 is 0 Å². The summed E-state index contributed by atoms with van der Waals surface area (Å²) in [5.41, 5.74) is 2.96. The molecule has 1 aromatic carbocycles. The molecular formula is C11H15Br. The monoisotopic (exact) mass is 226 g/mol. The van der Waals surface area contributed by atoms with Crippen LogP contribution in [0.3, 0.4) is 0 Å². The smallest absolute Gasteiger partial charge is 0.00719 e. The molecule has 0 saturated heterocycles. The van der Waals surface area contributed by atoms with Crippen LogP contribution in [0.5, 0.6) is 0 Å². The first-order valence-corrected chi connectivity index (χ1v) is 5.51. The van der Waals surface area contributed by atoms with Crippen LogP contribution in [0, 0.1) is 0 Å². The third kappa shape index (κ3) is 2.34. The van der Waals surface area contributed by atoms with E-state index in [0.29, 0.717) is 5.92 Å². The Morgan fingerprint density at radius 3 is 2.50 bits per heavy atom. The van der Waals surface area contributed by atoms with Gasteiger partial charge < -0.3 is 0 Å². The summed E-state index contributed by atoms with van der Waals surface area (Å²) in [4.78, 5) is 0. The number of hydrogen-bond donors (Lipinski definition) is 0. The third-order valence-electron chi connectivity index (χ3n) is 2.04. The van der Waals surface area contributed by atoms with Crippen LogP contribution in [0.25, 0.3) is 0 Å². The zero-order valence-corrected chi connectivity index (χ0v) is 9.26. The molecule has 0 saturated carbocycles. The second-order valence-corrected chi connectivity index (χ2v) is 4.09. The molecule has 0 aliphatic heterocycles. The average Bonchev–Trinajstić information content (AvgIpc) is 2.05. The maximum atomic E-state index is 3.47. The predicted octanol–water partition coefficient (Wildman–Crippen LogP) is 3.75. The Morgan fingerprint density at radius 1 is 1.25 bits per heavy atom. The van der Waals surface area contributed by atoms with Gasteiger partial charge in [0.15, 0.2) is 0 Å². The molecule has 1 rings (SSSR count). The molecular weight excluding hydrogens is 212 g/mol. The van der Waals surface area contributed by atoms with Crippen LogP contribution in [0.2, 0.25) is 0 Å². The summed E-state index contributed by atoms with van der Waals surface area (Å²) >= 11 is 3.47. The molecule has 0 heterocycles. The van der Waals surface area contributed by atoms with Gasteiger partial charge in [0.25, 0.3) is 0 Å². The molecule has 12 heavy (non-hydrogen) atoms. The van der Waals surface area contributed by atoms with E-state index in [1.54, 1.807) is 0 Å². The van der Waals surface area contributed by atoms with Gasteiger partial charge in [0, 0.05) is 5.33 Å². The largest absolute Gasteiger partial charge is 0.0924 e. The van der Waals surface area contributed by atoms with Gasteiger partial charge in [0.05, 0.1) is 0 Å². The summed E-state index contributed by atoms with van der Waals surface area (Å²) in [5, 5.41) is 1.05. The molecule has 0 N–H and O–H groups in total. The van der Waals surface area contributed by atoms with Gasteiger partial charge in [-0.05, 0) is 23.5 Å². The number of aryl methyl sites for hydroxylation is 1. The molecule has 0 aromatic heterocycles. The average molecular weight is 227 g/mol. The second kappa shape index (κ2) is 4.66. The van der Waals surface area contributed by atoms with Gasteiger partial charge in [0.1, 0.15) is 0 Å². The van der Waals surface area contributed by atoms with E-state index in [-0.39, 0.29) is 0 Å². The number of rotatable bonds is 3. The van der Waals surface area contributed by atoms with Crippen molar-refractivity contribution >= 4 is 15.9 Å². The Hall–Kier alpha value is -0.300. The topological polar surface area (TPSA) is 0 Å². The highest BCUT2D eigenvalue weighted by Crippen LogP contribution is 2.19. The lowest BCUT2D eigenvalue weighted by atomic mass is 9.96. The fourth-order valence-corrected chi connectivity index (χ4v) is 1.85. The molecule has 0 aliphatic rings. The Kier molecular flexibility index (Phi) is 3.80. The highest BCUT2D eigenvalue weighted by Gasteiger charge is 2.03. The highest BCUT2D eigenvalue weighted by atomic mass is 79.9. The molecule has 0 atom stereocenters. The maximum Gasteiger partial charge on any atom is 0.00719 e. The molecule has 1 aromatic rings. The van der Waals surface area contributed by atoms with E-state index >= 15 is 0 Å². The van der Waals surface area contributed by atoms with Gasteiger partial charge in [-0.1, -0.05) is 54.0 Å². The number of benzene rings is 1. The van der Waals surface area contributed by atoms with Gasteiger partial charge in [-0.15, -0.1) is 0 Å². The summed E-state index contributed by atoms with van der Waals surface area (Å²) < 4.78 is 0. The summed E-state index contributed by atoms with van der Waals surface area (Å²) in [5.74, 6) is 0.639. The molecule has 0 radical (unpaired) electrons. The predicted molar refractivity (Wildman–Crippen MR) is 58.0 cm³/mol. The van der Waals surface area contributed by atoms with Crippen molar-refractivity contribution in [3.8, 4) is 0 Å². The molecule has 66 valence electrons. The Bertz CT molecular complexity index is 241. The van der Waals surface area contributed by atoms with Crippen molar-refractivity contribution in [2.24, 2.45) is 0 Å². The van der Waals surface area contributed by atoms with E-state index in [1.165, 1.54) is 11.1 Å². The first-order chi connectivity index (χ1) is 5.75. The van der Waals surface area contributed by atoms with Crippen molar-refractivity contribution in [1.82, 2.24) is 0 Å². The van der Waals surface area contributed by atoms with E-state index in [9.17, 15) is 0 Å². The highest BCUT2D eigenvalue weighted by molar-refractivity contribution is 9.09. The van der Waals surface area contributed by atoms with Crippen LogP contribution in [0.1, 0.15) is 30.9 Å². The minimum Gasteiger partial charge on any atom is -0.0924 e. The Balaban J connectivity index is 2.92. The second-order valence-electron chi connectivity index (χ2n) is 3.29. The van der Waals surface area contributed by atoms with E-state index in [1.807, 2.05) is 0 Å². The molecule has 0 fully saturated rings. The third-order valence-corrected chi connectivity index (χ3v) is 2.44. The van der Waals surface area contributed by atoms with Crippen LogP contribution >= 0.6 is 15.9 Å². The summed E-state index contributed by atoms with van der Waals surface area (Å²) in [7, 11) is 0. The van der Waals surface area contributed by atoms with Crippen LogP contribution in [0.4, 0.5) is 0 Å². The van der Waals surface area contributed by atoms with Crippen molar-refractivity contribution < 1.29 is 0 Å². The number of halogens is 1. The first kappa shape index (κ1) is 9.79. The fourth-order valence-electron chi connectivity index (χ4n) is 1.43. The summed E-state index contributed by atoms with van der Waals surface area (Å²) in [6, 6.07) is 8.68. The quantitative estimate of drug-likeness (QED) is 0.690. The minimum absolute atomic E-state index is 0.639. The molecule has 0 bridgehead atoms. The lowest BCUT2D eigenvalue weighted by molar-refractivity contribution is 0.846. The SMILES string of the molecule is CC(C)c1ccccc1CCBr. The molecule has 0 aliphatic carbocycles. The Labute approximate surface area is 83.1 Å². The van der Waals surface area contributed by atoms with Crippen LogP contribution in [0.15, 0.2) is 24.3 Å². The van der Waals surface area contributed by atoms with Crippen LogP contribution < -0.4 is 0 Å². The van der Waals surface area contributed by atoms with E-state index in [4.69, 9.17) is 0 Å². The normalized spacial score (nSPS) is 10.7. The van der Waals surface area contributed by atoms with Gasteiger partial charge in [-0.25, -0.2) is 0 Å².